The minimum absolute atomic E-state index is 0.0650. The first-order chi connectivity index (χ1) is 12.8. The summed E-state index contributed by atoms with van der Waals surface area (Å²) in [6.45, 7) is 0. The smallest absolute Gasteiger partial charge is 0.251 e. The molecule has 1 saturated carbocycles. The predicted octanol–water partition coefficient (Wildman–Crippen LogP) is 2.94. The molecule has 132 valence electrons. The van der Waals surface area contributed by atoms with Crippen LogP contribution in [-0.2, 0) is 0 Å². The molecule has 1 aromatic carbocycles. The van der Waals surface area contributed by atoms with E-state index >= 15 is 0 Å². The van der Waals surface area contributed by atoms with Crippen molar-refractivity contribution in [2.24, 2.45) is 0 Å². The lowest BCUT2D eigenvalue weighted by Gasteiger charge is -2.22. The molecule has 1 amide bonds. The van der Waals surface area contributed by atoms with E-state index in [-0.39, 0.29) is 18.0 Å². The molecule has 0 aliphatic heterocycles. The van der Waals surface area contributed by atoms with Gasteiger partial charge < -0.3 is 15.2 Å². The number of benzene rings is 1. The van der Waals surface area contributed by atoms with E-state index in [1.165, 1.54) is 0 Å². The first-order valence-corrected chi connectivity index (χ1v) is 8.71. The van der Waals surface area contributed by atoms with Gasteiger partial charge in [-0.2, -0.15) is 0 Å². The fourth-order valence-electron chi connectivity index (χ4n) is 3.43. The maximum atomic E-state index is 12.7. The zero-order chi connectivity index (χ0) is 17.8. The van der Waals surface area contributed by atoms with Gasteiger partial charge in [-0.05, 0) is 37.5 Å². The first-order valence-electron chi connectivity index (χ1n) is 8.71. The van der Waals surface area contributed by atoms with Gasteiger partial charge in [0.15, 0.2) is 0 Å². The molecule has 2 heterocycles. The van der Waals surface area contributed by atoms with Crippen molar-refractivity contribution in [1.82, 2.24) is 24.8 Å². The average Bonchev–Trinajstić information content (AvgIpc) is 3.34. The summed E-state index contributed by atoms with van der Waals surface area (Å²) in [6.07, 6.45) is 13.6. The molecule has 7 heteroatoms. The highest BCUT2D eigenvalue weighted by Gasteiger charge is 2.29. The molecule has 0 saturated heterocycles. The van der Waals surface area contributed by atoms with Crippen LogP contribution < -0.4 is 10.6 Å². The van der Waals surface area contributed by atoms with Gasteiger partial charge >= 0.3 is 0 Å². The number of hydrogen-bond donors (Lipinski definition) is 2. The van der Waals surface area contributed by atoms with Crippen LogP contribution in [0.5, 0.6) is 0 Å². The van der Waals surface area contributed by atoms with Gasteiger partial charge in [0.1, 0.15) is 5.82 Å². The molecule has 0 unspecified atom stereocenters. The van der Waals surface area contributed by atoms with Gasteiger partial charge in [0.25, 0.3) is 5.91 Å². The molecule has 2 atom stereocenters. The summed E-state index contributed by atoms with van der Waals surface area (Å²) < 4.78 is 2.09. The normalized spacial score (nSPS) is 19.2. The quantitative estimate of drug-likeness (QED) is 0.740. The van der Waals surface area contributed by atoms with Crippen LogP contribution in [0.25, 0.3) is 0 Å². The lowest BCUT2D eigenvalue weighted by atomic mass is 10.1. The van der Waals surface area contributed by atoms with Crippen LogP contribution in [0.1, 0.15) is 35.7 Å². The fourth-order valence-corrected chi connectivity index (χ4v) is 3.43. The maximum absolute atomic E-state index is 12.7. The zero-order valence-electron chi connectivity index (χ0n) is 14.2. The van der Waals surface area contributed by atoms with Crippen LogP contribution in [0.2, 0.25) is 0 Å². The summed E-state index contributed by atoms with van der Waals surface area (Å²) in [4.78, 5) is 25.1. The Hall–Kier alpha value is -3.22. The molecular weight excluding hydrogens is 328 g/mol. The summed E-state index contributed by atoms with van der Waals surface area (Å²) in [5.41, 5.74) is 1.42. The van der Waals surface area contributed by atoms with Gasteiger partial charge in [-0.3, -0.25) is 9.78 Å². The Morgan fingerprint density at radius 2 is 2.12 bits per heavy atom. The second-order valence-electron chi connectivity index (χ2n) is 6.38. The number of aromatic nitrogens is 4. The van der Waals surface area contributed by atoms with Crippen LogP contribution >= 0.6 is 0 Å². The van der Waals surface area contributed by atoms with Crippen molar-refractivity contribution >= 4 is 17.4 Å². The van der Waals surface area contributed by atoms with Crippen molar-refractivity contribution in [1.29, 1.82) is 0 Å². The first kappa shape index (κ1) is 16.3. The number of carbonyl (C=O) groups is 1. The second-order valence-corrected chi connectivity index (χ2v) is 6.38. The molecule has 0 radical (unpaired) electrons. The van der Waals surface area contributed by atoms with E-state index < -0.39 is 0 Å². The Balaban J connectivity index is 1.45. The Kier molecular flexibility index (Phi) is 4.59. The number of anilines is 2. The summed E-state index contributed by atoms with van der Waals surface area (Å²) in [6, 6.07) is 7.78. The largest absolute Gasteiger partial charge is 0.347 e. The average molecular weight is 348 g/mol. The molecule has 1 aliphatic rings. The number of hydrogen-bond acceptors (Lipinski definition) is 5. The van der Waals surface area contributed by atoms with E-state index in [2.05, 4.69) is 30.2 Å². The molecule has 1 aliphatic carbocycles. The summed E-state index contributed by atoms with van der Waals surface area (Å²) in [5.74, 6) is 0.575. The van der Waals surface area contributed by atoms with E-state index in [0.717, 1.165) is 24.9 Å². The van der Waals surface area contributed by atoms with E-state index in [4.69, 9.17) is 0 Å². The highest BCUT2D eigenvalue weighted by Crippen LogP contribution is 2.30. The SMILES string of the molecule is O=C(N[C@H]1CCC[C@H]1n1ccnc1)c1cccc(Nc2cnccn2)c1. The second kappa shape index (κ2) is 7.35. The number of nitrogens with zero attached hydrogens (tertiary/aromatic N) is 4. The summed E-state index contributed by atoms with van der Waals surface area (Å²) >= 11 is 0. The zero-order valence-corrected chi connectivity index (χ0v) is 14.2. The van der Waals surface area contributed by atoms with Gasteiger partial charge in [0, 0.05) is 42.1 Å². The van der Waals surface area contributed by atoms with Crippen molar-refractivity contribution in [2.45, 2.75) is 31.3 Å². The van der Waals surface area contributed by atoms with Crippen LogP contribution in [0.4, 0.5) is 11.5 Å². The monoisotopic (exact) mass is 348 g/mol. The van der Waals surface area contributed by atoms with Gasteiger partial charge in [-0.25, -0.2) is 9.97 Å². The predicted molar refractivity (Wildman–Crippen MR) is 98.1 cm³/mol. The molecule has 3 aromatic rings. The summed E-state index contributed by atoms with van der Waals surface area (Å²) in [5, 5.41) is 6.34. The van der Waals surface area contributed by atoms with E-state index in [0.29, 0.717) is 11.4 Å². The standard InChI is InChI=1S/C19H20N6O/c26-19(24-16-5-2-6-17(16)25-10-9-21-13-25)14-3-1-4-15(11-14)23-18-12-20-7-8-22-18/h1,3-4,7-13,16-17H,2,5-6H2,(H,22,23)(H,24,26)/t16-,17+/m0/s1. The Morgan fingerprint density at radius 3 is 2.92 bits per heavy atom. The fraction of sp³-hybridized carbons (Fsp3) is 0.263. The number of amides is 1. The molecule has 26 heavy (non-hydrogen) atoms. The van der Waals surface area contributed by atoms with E-state index in [1.807, 2.05) is 36.8 Å². The molecule has 7 nitrogen and oxygen atoms in total. The minimum Gasteiger partial charge on any atom is -0.347 e. The Bertz CT molecular complexity index is 865. The number of imidazole rings is 1. The molecule has 2 N–H and O–H groups in total. The molecule has 1 fully saturated rings. The molecule has 0 spiro atoms. The lowest BCUT2D eigenvalue weighted by molar-refractivity contribution is 0.0929. The lowest BCUT2D eigenvalue weighted by Crippen LogP contribution is -2.38. The molecular formula is C19H20N6O. The molecule has 2 aromatic heterocycles. The van der Waals surface area contributed by atoms with E-state index in [9.17, 15) is 4.79 Å². The van der Waals surface area contributed by atoms with Crippen molar-refractivity contribution in [2.75, 3.05) is 5.32 Å². The Labute approximate surface area is 151 Å². The van der Waals surface area contributed by atoms with Crippen LogP contribution in [0.3, 0.4) is 0 Å². The summed E-state index contributed by atoms with van der Waals surface area (Å²) in [7, 11) is 0. The third kappa shape index (κ3) is 3.56. The van der Waals surface area contributed by atoms with Gasteiger partial charge in [0.2, 0.25) is 0 Å². The Morgan fingerprint density at radius 1 is 1.15 bits per heavy atom. The minimum atomic E-state index is -0.0650. The number of carbonyl (C=O) groups excluding carboxylic acids is 1. The third-order valence-corrected chi connectivity index (χ3v) is 4.66. The van der Waals surface area contributed by atoms with Crippen molar-refractivity contribution in [3.63, 3.8) is 0 Å². The number of nitrogens with one attached hydrogen (secondary N) is 2. The van der Waals surface area contributed by atoms with E-state index in [1.54, 1.807) is 24.8 Å². The van der Waals surface area contributed by atoms with Crippen molar-refractivity contribution in [3.05, 3.63) is 67.1 Å². The van der Waals surface area contributed by atoms with Crippen molar-refractivity contribution in [3.8, 4) is 0 Å². The molecule has 4 rings (SSSR count). The van der Waals surface area contributed by atoms with Gasteiger partial charge in [-0.1, -0.05) is 6.07 Å². The highest BCUT2D eigenvalue weighted by atomic mass is 16.1. The third-order valence-electron chi connectivity index (χ3n) is 4.66. The van der Waals surface area contributed by atoms with Crippen molar-refractivity contribution < 1.29 is 4.79 Å². The maximum Gasteiger partial charge on any atom is 0.251 e. The van der Waals surface area contributed by atoms with Gasteiger partial charge in [-0.15, -0.1) is 0 Å². The number of rotatable bonds is 5. The van der Waals surface area contributed by atoms with Crippen LogP contribution in [-0.4, -0.2) is 31.5 Å². The molecule has 0 bridgehead atoms. The van der Waals surface area contributed by atoms with Crippen LogP contribution in [0.15, 0.2) is 61.6 Å². The van der Waals surface area contributed by atoms with Gasteiger partial charge in [0.05, 0.1) is 18.6 Å². The topological polar surface area (TPSA) is 84.7 Å². The highest BCUT2D eigenvalue weighted by molar-refractivity contribution is 5.95. The van der Waals surface area contributed by atoms with Crippen LogP contribution in [0, 0.1) is 0 Å².